The lowest BCUT2D eigenvalue weighted by Gasteiger charge is -2.36. The van der Waals surface area contributed by atoms with E-state index in [0.29, 0.717) is 43.2 Å². The van der Waals surface area contributed by atoms with Gasteiger partial charge >= 0.3 is 0 Å². The minimum Gasteiger partial charge on any atom is -0.366 e. The Labute approximate surface area is 197 Å². The van der Waals surface area contributed by atoms with Crippen molar-refractivity contribution in [1.82, 2.24) is 14.5 Å². The van der Waals surface area contributed by atoms with Gasteiger partial charge in [0.25, 0.3) is 0 Å². The Morgan fingerprint density at radius 2 is 1.79 bits per heavy atom. The molecule has 8 heteroatoms. The maximum absolute atomic E-state index is 14.5. The van der Waals surface area contributed by atoms with Crippen molar-refractivity contribution in [2.24, 2.45) is 0 Å². The molecule has 172 valence electrons. The van der Waals surface area contributed by atoms with E-state index in [2.05, 4.69) is 37.0 Å². The quantitative estimate of drug-likeness (QED) is 0.401. The maximum Gasteiger partial charge on any atom is 0.233 e. The first-order valence-electron chi connectivity index (χ1n) is 10.9. The molecule has 1 amide bonds. The predicted octanol–water partition coefficient (Wildman–Crippen LogP) is 4.27. The van der Waals surface area contributed by atoms with E-state index < -0.39 is 5.82 Å². The van der Waals surface area contributed by atoms with Gasteiger partial charge in [0.2, 0.25) is 5.91 Å². The Kier molecular flexibility index (Phi) is 6.83. The van der Waals surface area contributed by atoms with Gasteiger partial charge in [0.05, 0.1) is 17.1 Å². The van der Waals surface area contributed by atoms with Crippen LogP contribution in [0.15, 0.2) is 53.9 Å². The fourth-order valence-electron chi connectivity index (χ4n) is 3.96. The summed E-state index contributed by atoms with van der Waals surface area (Å²) in [5, 5.41) is 0.781. The second-order valence-corrected chi connectivity index (χ2v) is 9.19. The van der Waals surface area contributed by atoms with Crippen molar-refractivity contribution in [2.45, 2.75) is 25.9 Å². The number of benzene rings is 2. The fraction of sp³-hybridized carbons (Fsp3) is 0.320. The van der Waals surface area contributed by atoms with E-state index in [1.54, 1.807) is 18.3 Å². The van der Waals surface area contributed by atoms with Crippen molar-refractivity contribution in [3.63, 3.8) is 0 Å². The summed E-state index contributed by atoms with van der Waals surface area (Å²) in [5.41, 5.74) is 4.21. The number of imidazole rings is 1. The molecule has 0 spiro atoms. The van der Waals surface area contributed by atoms with Crippen LogP contribution in [0.2, 0.25) is 0 Å². The highest BCUT2D eigenvalue weighted by Crippen LogP contribution is 2.25. The zero-order chi connectivity index (χ0) is 23.5. The van der Waals surface area contributed by atoms with Crippen LogP contribution < -0.4 is 4.90 Å². The summed E-state index contributed by atoms with van der Waals surface area (Å²) >= 11 is 1.42. The molecule has 1 fully saturated rings. The first-order valence-corrected chi connectivity index (χ1v) is 11.9. The van der Waals surface area contributed by atoms with Gasteiger partial charge in [0.1, 0.15) is 5.82 Å². The number of amides is 1. The second-order valence-electron chi connectivity index (χ2n) is 8.25. The first-order chi connectivity index (χ1) is 15.8. The SMILES string of the molecule is CC(=O)c1ccc(N2CCN(C(=O)CSc3nccn3-c3cc(C)ccc3C)CC2)c(F)c1. The summed E-state index contributed by atoms with van der Waals surface area (Å²) < 4.78 is 16.5. The van der Waals surface area contributed by atoms with Crippen LogP contribution in [0.25, 0.3) is 5.69 Å². The lowest BCUT2D eigenvalue weighted by molar-refractivity contribution is -0.128. The Bertz CT molecular complexity index is 1180. The van der Waals surface area contributed by atoms with Crippen LogP contribution in [0.4, 0.5) is 10.1 Å². The molecule has 0 bridgehead atoms. The van der Waals surface area contributed by atoms with Gasteiger partial charge in [0, 0.05) is 44.1 Å². The molecule has 1 saturated heterocycles. The molecule has 0 aliphatic carbocycles. The minimum atomic E-state index is -0.406. The topological polar surface area (TPSA) is 58.4 Å². The van der Waals surface area contributed by atoms with Gasteiger partial charge in [-0.2, -0.15) is 0 Å². The zero-order valence-electron chi connectivity index (χ0n) is 19.0. The number of hydrogen-bond acceptors (Lipinski definition) is 5. The van der Waals surface area contributed by atoms with E-state index >= 15 is 0 Å². The highest BCUT2D eigenvalue weighted by atomic mass is 32.2. The molecule has 2 heterocycles. The number of ketones is 1. The van der Waals surface area contributed by atoms with Gasteiger partial charge in [-0.15, -0.1) is 0 Å². The van der Waals surface area contributed by atoms with Gasteiger partial charge in [-0.25, -0.2) is 9.37 Å². The van der Waals surface area contributed by atoms with E-state index in [0.717, 1.165) is 16.4 Å². The Morgan fingerprint density at radius 1 is 1.03 bits per heavy atom. The van der Waals surface area contributed by atoms with Gasteiger partial charge < -0.3 is 9.80 Å². The van der Waals surface area contributed by atoms with Crippen LogP contribution in [-0.4, -0.2) is 58.1 Å². The molecule has 4 rings (SSSR count). The largest absolute Gasteiger partial charge is 0.366 e. The highest BCUT2D eigenvalue weighted by Gasteiger charge is 2.23. The van der Waals surface area contributed by atoms with Crippen molar-refractivity contribution in [3.05, 3.63) is 71.3 Å². The van der Waals surface area contributed by atoms with Crippen LogP contribution in [0.1, 0.15) is 28.4 Å². The molecule has 6 nitrogen and oxygen atoms in total. The van der Waals surface area contributed by atoms with Crippen LogP contribution in [-0.2, 0) is 4.79 Å². The molecule has 1 aliphatic rings. The molecule has 1 aromatic heterocycles. The highest BCUT2D eigenvalue weighted by molar-refractivity contribution is 7.99. The Balaban J connectivity index is 1.35. The Morgan fingerprint density at radius 3 is 2.48 bits per heavy atom. The van der Waals surface area contributed by atoms with Gasteiger partial charge in [-0.1, -0.05) is 23.9 Å². The van der Waals surface area contributed by atoms with Crippen LogP contribution in [0.5, 0.6) is 0 Å². The molecule has 2 aromatic carbocycles. The normalized spacial score (nSPS) is 13.9. The van der Waals surface area contributed by atoms with E-state index in [1.165, 1.54) is 30.3 Å². The number of carbonyl (C=O) groups is 2. The molecule has 0 saturated carbocycles. The fourth-order valence-corrected chi connectivity index (χ4v) is 4.82. The minimum absolute atomic E-state index is 0.0440. The van der Waals surface area contributed by atoms with Crippen LogP contribution in [0.3, 0.4) is 0 Å². The molecule has 3 aromatic rings. The third-order valence-electron chi connectivity index (χ3n) is 5.88. The number of Topliss-reactive ketones (excluding diaryl/α,β-unsaturated/α-hetero) is 1. The number of aryl methyl sites for hydroxylation is 2. The number of thioether (sulfide) groups is 1. The van der Waals surface area contributed by atoms with Gasteiger partial charge in [-0.05, 0) is 56.2 Å². The lowest BCUT2D eigenvalue weighted by atomic mass is 10.1. The molecule has 0 unspecified atom stereocenters. The number of rotatable bonds is 6. The van der Waals surface area contributed by atoms with E-state index in [9.17, 15) is 14.0 Å². The van der Waals surface area contributed by atoms with Crippen molar-refractivity contribution in [3.8, 4) is 5.69 Å². The van der Waals surface area contributed by atoms with E-state index in [1.807, 2.05) is 20.6 Å². The summed E-state index contributed by atoms with van der Waals surface area (Å²) in [5.74, 6) is -0.228. The van der Waals surface area contributed by atoms with Gasteiger partial charge in [-0.3, -0.25) is 14.2 Å². The number of aromatic nitrogens is 2. The average molecular weight is 467 g/mol. The molecule has 33 heavy (non-hydrogen) atoms. The molecular formula is C25H27FN4O2S. The number of piperazine rings is 1. The Hall–Kier alpha value is -3.13. The smallest absolute Gasteiger partial charge is 0.233 e. The monoisotopic (exact) mass is 466 g/mol. The molecule has 1 aliphatic heterocycles. The average Bonchev–Trinajstić information content (AvgIpc) is 3.27. The third kappa shape index (κ3) is 5.11. The van der Waals surface area contributed by atoms with Gasteiger partial charge in [0.15, 0.2) is 10.9 Å². The van der Waals surface area contributed by atoms with E-state index in [4.69, 9.17) is 0 Å². The molecular weight excluding hydrogens is 439 g/mol. The zero-order valence-corrected chi connectivity index (χ0v) is 19.9. The third-order valence-corrected chi connectivity index (χ3v) is 6.83. The number of hydrogen-bond donors (Lipinski definition) is 0. The second kappa shape index (κ2) is 9.79. The standard InChI is InChI=1S/C25H27FN4O2S/c1-17-4-5-18(2)23(14-17)30-9-8-27-25(30)33-16-24(32)29-12-10-28(11-13-29)22-7-6-20(19(3)31)15-21(22)26/h4-9,14-15H,10-13,16H2,1-3H3. The van der Waals surface area contributed by atoms with Crippen molar-refractivity contribution >= 4 is 29.1 Å². The summed E-state index contributed by atoms with van der Waals surface area (Å²) in [6.07, 6.45) is 3.67. The molecule has 0 radical (unpaired) electrons. The first kappa shape index (κ1) is 23.0. The lowest BCUT2D eigenvalue weighted by Crippen LogP contribution is -2.49. The summed E-state index contributed by atoms with van der Waals surface area (Å²) in [7, 11) is 0. The summed E-state index contributed by atoms with van der Waals surface area (Å²) in [6, 6.07) is 10.9. The predicted molar refractivity (Wildman–Crippen MR) is 129 cm³/mol. The molecule has 0 atom stereocenters. The number of carbonyl (C=O) groups excluding carboxylic acids is 2. The number of nitrogens with zero attached hydrogens (tertiary/aromatic N) is 4. The molecule has 0 N–H and O–H groups in total. The van der Waals surface area contributed by atoms with Crippen LogP contribution >= 0.6 is 11.8 Å². The van der Waals surface area contributed by atoms with E-state index in [-0.39, 0.29) is 11.7 Å². The van der Waals surface area contributed by atoms with Crippen molar-refractivity contribution in [2.75, 3.05) is 36.8 Å². The summed E-state index contributed by atoms with van der Waals surface area (Å²) in [4.78, 5) is 32.5. The number of halogens is 1. The summed E-state index contributed by atoms with van der Waals surface area (Å²) in [6.45, 7) is 7.68. The number of anilines is 1. The maximum atomic E-state index is 14.5. The van der Waals surface area contributed by atoms with Crippen LogP contribution in [0, 0.1) is 19.7 Å². The van der Waals surface area contributed by atoms with Crippen molar-refractivity contribution in [1.29, 1.82) is 0 Å². The van der Waals surface area contributed by atoms with Crippen molar-refractivity contribution < 1.29 is 14.0 Å².